The summed E-state index contributed by atoms with van der Waals surface area (Å²) in [5.74, 6) is 0.110. The Hall–Kier alpha value is -3.55. The van der Waals surface area contributed by atoms with Crippen LogP contribution in [0.3, 0.4) is 0 Å². The molecular formula is C26H17Cl2F2N2O3. The van der Waals surface area contributed by atoms with Gasteiger partial charge in [0.15, 0.2) is 6.29 Å². The van der Waals surface area contributed by atoms with Gasteiger partial charge in [-0.1, -0.05) is 53.5 Å². The molecule has 2 heterocycles. The fourth-order valence-electron chi connectivity index (χ4n) is 3.56. The van der Waals surface area contributed by atoms with Crippen LogP contribution in [0.1, 0.15) is 15.9 Å². The lowest BCUT2D eigenvalue weighted by Gasteiger charge is -2.14. The first-order valence-electron chi connectivity index (χ1n) is 10.2. The maximum absolute atomic E-state index is 12.8. The first-order valence-corrected chi connectivity index (χ1v) is 10.9. The Balaban J connectivity index is 1.82. The van der Waals surface area contributed by atoms with Crippen LogP contribution in [0.2, 0.25) is 10.0 Å². The summed E-state index contributed by atoms with van der Waals surface area (Å²) < 4.78 is 35.4. The number of hydrogen-bond acceptors (Lipinski definition) is 5. The fourth-order valence-corrected chi connectivity index (χ4v) is 4.21. The second kappa shape index (κ2) is 10.4. The highest BCUT2D eigenvalue weighted by Gasteiger charge is 2.19. The normalized spacial score (nSPS) is 10.9. The maximum atomic E-state index is 12.8. The molecule has 177 valence electrons. The number of benzene rings is 2. The Morgan fingerprint density at radius 1 is 1.00 bits per heavy atom. The average Bonchev–Trinajstić information content (AvgIpc) is 2.85. The van der Waals surface area contributed by atoms with Crippen molar-refractivity contribution >= 4 is 29.5 Å². The minimum Gasteiger partial charge on any atom is -0.481 e. The number of carbonyl (C=O) groups is 1. The third kappa shape index (κ3) is 4.97. The van der Waals surface area contributed by atoms with Crippen LogP contribution >= 0.6 is 23.2 Å². The van der Waals surface area contributed by atoms with Crippen molar-refractivity contribution in [1.29, 1.82) is 0 Å². The minimum atomic E-state index is -3.09. The third-order valence-corrected chi connectivity index (χ3v) is 6.01. The van der Waals surface area contributed by atoms with Gasteiger partial charge in [0.25, 0.3) is 0 Å². The Bertz CT molecular complexity index is 1410. The van der Waals surface area contributed by atoms with Crippen LogP contribution in [0, 0.1) is 6.92 Å². The second-order valence-electron chi connectivity index (χ2n) is 7.30. The van der Waals surface area contributed by atoms with E-state index in [1.165, 1.54) is 25.4 Å². The first-order chi connectivity index (χ1) is 16.8. The highest BCUT2D eigenvalue weighted by molar-refractivity contribution is 6.39. The van der Waals surface area contributed by atoms with E-state index in [1.807, 2.05) is 12.1 Å². The number of aromatic nitrogens is 2. The van der Waals surface area contributed by atoms with E-state index >= 15 is 0 Å². The van der Waals surface area contributed by atoms with Crippen LogP contribution in [0.5, 0.6) is 11.6 Å². The molecule has 0 amide bonds. The number of ether oxygens (including phenoxy) is 2. The number of alkyl halides is 2. The molecule has 0 atom stereocenters. The highest BCUT2D eigenvalue weighted by atomic mass is 35.5. The number of aldehydes is 1. The van der Waals surface area contributed by atoms with Gasteiger partial charge in [-0.15, -0.1) is 0 Å². The number of hydrogen-bond donors (Lipinski definition) is 0. The van der Waals surface area contributed by atoms with E-state index in [9.17, 15) is 13.6 Å². The number of halogens is 4. The van der Waals surface area contributed by atoms with Gasteiger partial charge in [-0.3, -0.25) is 9.78 Å². The molecule has 1 radical (unpaired) electrons. The molecule has 0 aliphatic carbocycles. The molecule has 4 aromatic rings. The molecule has 0 aliphatic heterocycles. The van der Waals surface area contributed by atoms with Crippen molar-refractivity contribution in [3.63, 3.8) is 0 Å². The Kier molecular flexibility index (Phi) is 7.28. The molecule has 0 saturated carbocycles. The minimum absolute atomic E-state index is 0.0201. The van der Waals surface area contributed by atoms with Gasteiger partial charge in [0, 0.05) is 34.0 Å². The fraction of sp³-hybridized carbons (Fsp3) is 0.0769. The maximum Gasteiger partial charge on any atom is 0.387 e. The average molecular weight is 514 g/mol. The summed E-state index contributed by atoms with van der Waals surface area (Å²) in [5.41, 5.74) is 3.75. The van der Waals surface area contributed by atoms with Crippen molar-refractivity contribution in [3.8, 4) is 45.3 Å². The van der Waals surface area contributed by atoms with Crippen LogP contribution < -0.4 is 9.47 Å². The van der Waals surface area contributed by atoms with Crippen LogP contribution in [-0.2, 0) is 0 Å². The monoisotopic (exact) mass is 513 g/mol. The van der Waals surface area contributed by atoms with Crippen LogP contribution in [0.15, 0.2) is 60.8 Å². The SMILES string of the molecule is [CH2]c1ccc(-c2cccc(-c3ccnc(-c4ccc(C=O)c(OC(F)F)c4)c3Cl)c2Cl)nc1OC. The van der Waals surface area contributed by atoms with Gasteiger partial charge in [-0.05, 0) is 31.2 Å². The van der Waals surface area contributed by atoms with E-state index in [0.717, 1.165) is 0 Å². The molecule has 2 aromatic heterocycles. The van der Waals surface area contributed by atoms with Crippen LogP contribution in [0.4, 0.5) is 8.78 Å². The summed E-state index contributed by atoms with van der Waals surface area (Å²) in [5, 5.41) is 0.642. The van der Waals surface area contributed by atoms with Gasteiger partial charge in [0.1, 0.15) is 5.75 Å². The number of carbonyl (C=O) groups excluding carboxylic acids is 1. The third-order valence-electron chi connectivity index (χ3n) is 5.22. The van der Waals surface area contributed by atoms with Gasteiger partial charge in [-0.2, -0.15) is 8.78 Å². The molecule has 0 spiro atoms. The molecular weight excluding hydrogens is 497 g/mol. The molecule has 0 unspecified atom stereocenters. The summed E-state index contributed by atoms with van der Waals surface area (Å²) in [6.07, 6.45) is 1.96. The standard InChI is InChI=1S/C26H17Cl2F2N2O3/c1-14-6-9-20(32-25(14)34-2)19-5-3-4-17(22(19)27)18-10-11-31-24(23(18)28)15-7-8-16(13-33)21(12-15)35-26(29)30/h3-13,26H,1H2,2H3. The lowest BCUT2D eigenvalue weighted by molar-refractivity contribution is -0.0500. The van der Waals surface area contributed by atoms with Crippen molar-refractivity contribution in [3.05, 3.63) is 88.9 Å². The molecule has 5 nitrogen and oxygen atoms in total. The van der Waals surface area contributed by atoms with E-state index in [0.29, 0.717) is 56.4 Å². The molecule has 0 fully saturated rings. The molecule has 0 N–H and O–H groups in total. The van der Waals surface area contributed by atoms with Crippen molar-refractivity contribution in [2.45, 2.75) is 6.61 Å². The molecule has 35 heavy (non-hydrogen) atoms. The van der Waals surface area contributed by atoms with Crippen molar-refractivity contribution in [1.82, 2.24) is 9.97 Å². The lowest BCUT2D eigenvalue weighted by atomic mass is 9.99. The van der Waals surface area contributed by atoms with Crippen molar-refractivity contribution in [2.75, 3.05) is 7.11 Å². The Labute approximate surface area is 210 Å². The van der Waals surface area contributed by atoms with Crippen LogP contribution in [-0.4, -0.2) is 30.0 Å². The number of methoxy groups -OCH3 is 1. The number of pyridine rings is 2. The summed E-state index contributed by atoms with van der Waals surface area (Å²) in [6.45, 7) is 0.789. The largest absolute Gasteiger partial charge is 0.481 e. The van der Waals surface area contributed by atoms with E-state index in [2.05, 4.69) is 21.6 Å². The van der Waals surface area contributed by atoms with Gasteiger partial charge >= 0.3 is 6.61 Å². The Morgan fingerprint density at radius 2 is 1.74 bits per heavy atom. The predicted molar refractivity (Wildman–Crippen MR) is 131 cm³/mol. The summed E-state index contributed by atoms with van der Waals surface area (Å²) in [4.78, 5) is 20.0. The van der Waals surface area contributed by atoms with Crippen molar-refractivity contribution < 1.29 is 23.0 Å². The second-order valence-corrected chi connectivity index (χ2v) is 8.06. The molecule has 0 bridgehead atoms. The smallest absolute Gasteiger partial charge is 0.387 e. The topological polar surface area (TPSA) is 61.3 Å². The number of rotatable bonds is 7. The zero-order valence-corrected chi connectivity index (χ0v) is 19.8. The zero-order chi connectivity index (χ0) is 25.1. The van der Waals surface area contributed by atoms with E-state index in [4.69, 9.17) is 27.9 Å². The summed E-state index contributed by atoms with van der Waals surface area (Å²) in [7, 11) is 1.51. The van der Waals surface area contributed by atoms with E-state index < -0.39 is 6.61 Å². The highest BCUT2D eigenvalue weighted by Crippen LogP contribution is 2.42. The summed E-state index contributed by atoms with van der Waals surface area (Å²) >= 11 is 13.5. The van der Waals surface area contributed by atoms with Gasteiger partial charge < -0.3 is 9.47 Å². The van der Waals surface area contributed by atoms with Gasteiger partial charge in [0.2, 0.25) is 5.88 Å². The molecule has 9 heteroatoms. The Morgan fingerprint density at radius 3 is 2.46 bits per heavy atom. The van der Waals surface area contributed by atoms with E-state index in [1.54, 1.807) is 30.3 Å². The van der Waals surface area contributed by atoms with Crippen molar-refractivity contribution in [2.24, 2.45) is 0 Å². The zero-order valence-electron chi connectivity index (χ0n) is 18.3. The molecule has 0 aliphatic rings. The first kappa shape index (κ1) is 24.6. The molecule has 0 saturated heterocycles. The predicted octanol–water partition coefficient (Wildman–Crippen LogP) is 7.39. The van der Waals surface area contributed by atoms with Crippen LogP contribution in [0.25, 0.3) is 33.6 Å². The molecule has 4 rings (SSSR count). The van der Waals surface area contributed by atoms with E-state index in [-0.39, 0.29) is 16.3 Å². The number of nitrogens with zero attached hydrogens (tertiary/aromatic N) is 2. The van der Waals surface area contributed by atoms with Gasteiger partial charge in [0.05, 0.1) is 34.1 Å². The summed E-state index contributed by atoms with van der Waals surface area (Å²) in [6, 6.07) is 14.9. The molecule has 2 aromatic carbocycles. The van der Waals surface area contributed by atoms with Gasteiger partial charge in [-0.25, -0.2) is 4.98 Å². The quantitative estimate of drug-likeness (QED) is 0.241. The lowest BCUT2D eigenvalue weighted by Crippen LogP contribution is -2.04.